The standard InChI is InChI=1S/C21H28N2O2.C7H16N2.CH4/c1-22-11-4-7-19(22)10-12-23(15-17-5-2-8-20(24)13-17)16-18-6-3-9-21(25)14-18;1-9-6-2-3-7(9)4-5-8;/h2-3,5-6,8-9,13-14,19,24-25H,4,7,10-12,15-16H2,1H3;7H,2-6,8H2,1H3;1H4/t19-;7-;/m00./s1. The molecular weight excluding hydrogens is 436 g/mol. The smallest absolute Gasteiger partial charge is 0.115 e. The first-order valence-electron chi connectivity index (χ1n) is 12.8. The molecule has 6 nitrogen and oxygen atoms in total. The van der Waals surface area contributed by atoms with Crippen molar-refractivity contribution in [3.8, 4) is 11.5 Å². The minimum atomic E-state index is 0. The molecule has 2 aliphatic heterocycles. The fourth-order valence-corrected chi connectivity index (χ4v) is 5.25. The van der Waals surface area contributed by atoms with E-state index in [9.17, 15) is 10.2 Å². The highest BCUT2D eigenvalue weighted by Crippen LogP contribution is 2.21. The molecule has 2 heterocycles. The van der Waals surface area contributed by atoms with Crippen molar-refractivity contribution in [3.05, 3.63) is 59.7 Å². The molecule has 2 fully saturated rings. The molecule has 0 spiro atoms. The monoisotopic (exact) mass is 484 g/mol. The number of rotatable bonds is 9. The third-order valence-corrected chi connectivity index (χ3v) is 7.25. The third kappa shape index (κ3) is 9.80. The van der Waals surface area contributed by atoms with Crippen molar-refractivity contribution < 1.29 is 10.2 Å². The number of hydrogen-bond donors (Lipinski definition) is 3. The lowest BCUT2D eigenvalue weighted by Gasteiger charge is -2.26. The Kier molecular flexibility index (Phi) is 12.6. The van der Waals surface area contributed by atoms with Crippen LogP contribution in [-0.2, 0) is 13.1 Å². The second-order valence-corrected chi connectivity index (χ2v) is 9.97. The number of aromatic hydroxyl groups is 2. The van der Waals surface area contributed by atoms with Gasteiger partial charge in [-0.1, -0.05) is 31.7 Å². The van der Waals surface area contributed by atoms with Crippen LogP contribution >= 0.6 is 0 Å². The predicted molar refractivity (Wildman–Crippen MR) is 147 cm³/mol. The van der Waals surface area contributed by atoms with Crippen LogP contribution in [-0.4, -0.2) is 77.3 Å². The summed E-state index contributed by atoms with van der Waals surface area (Å²) in [7, 11) is 4.40. The number of nitrogens with zero attached hydrogens (tertiary/aromatic N) is 3. The molecule has 2 aliphatic rings. The summed E-state index contributed by atoms with van der Waals surface area (Å²) in [5.74, 6) is 0.621. The topological polar surface area (TPSA) is 76.2 Å². The second-order valence-electron chi connectivity index (χ2n) is 9.97. The molecule has 0 unspecified atom stereocenters. The highest BCUT2D eigenvalue weighted by atomic mass is 16.3. The number of phenolic OH excluding ortho intramolecular Hbond substituents is 2. The van der Waals surface area contributed by atoms with E-state index < -0.39 is 0 Å². The molecule has 2 aromatic carbocycles. The maximum atomic E-state index is 9.73. The Balaban J connectivity index is 0.000000366. The fourth-order valence-electron chi connectivity index (χ4n) is 5.25. The van der Waals surface area contributed by atoms with Crippen molar-refractivity contribution in [2.45, 2.75) is 71.1 Å². The van der Waals surface area contributed by atoms with E-state index in [1.807, 2.05) is 24.3 Å². The summed E-state index contributed by atoms with van der Waals surface area (Å²) in [5.41, 5.74) is 7.67. The van der Waals surface area contributed by atoms with Crippen molar-refractivity contribution in [1.29, 1.82) is 0 Å². The van der Waals surface area contributed by atoms with Gasteiger partial charge in [0.2, 0.25) is 0 Å². The van der Waals surface area contributed by atoms with E-state index in [1.54, 1.807) is 12.1 Å². The van der Waals surface area contributed by atoms with Crippen LogP contribution in [0.1, 0.15) is 57.1 Å². The average Bonchev–Trinajstić information content (AvgIpc) is 3.40. The van der Waals surface area contributed by atoms with Gasteiger partial charge in [0, 0.05) is 31.7 Å². The van der Waals surface area contributed by atoms with Crippen molar-refractivity contribution in [2.75, 3.05) is 40.3 Å². The van der Waals surface area contributed by atoms with Crippen LogP contribution in [0.15, 0.2) is 48.5 Å². The molecule has 196 valence electrons. The van der Waals surface area contributed by atoms with Gasteiger partial charge >= 0.3 is 0 Å². The molecule has 0 radical (unpaired) electrons. The van der Waals surface area contributed by atoms with E-state index in [0.29, 0.717) is 17.5 Å². The van der Waals surface area contributed by atoms with E-state index in [1.165, 1.54) is 45.2 Å². The fraction of sp³-hybridized carbons (Fsp3) is 0.586. The quantitative estimate of drug-likeness (QED) is 0.481. The number of benzene rings is 2. The van der Waals surface area contributed by atoms with E-state index in [4.69, 9.17) is 5.73 Å². The zero-order valence-electron chi connectivity index (χ0n) is 21.1. The zero-order chi connectivity index (χ0) is 24.3. The first-order valence-corrected chi connectivity index (χ1v) is 12.8. The van der Waals surface area contributed by atoms with Crippen molar-refractivity contribution in [1.82, 2.24) is 14.7 Å². The Morgan fingerprint density at radius 2 is 1.31 bits per heavy atom. The maximum absolute atomic E-state index is 9.73. The third-order valence-electron chi connectivity index (χ3n) is 7.25. The summed E-state index contributed by atoms with van der Waals surface area (Å²) >= 11 is 0. The van der Waals surface area contributed by atoms with Gasteiger partial charge in [-0.15, -0.1) is 0 Å². The normalized spacial score (nSPS) is 20.5. The van der Waals surface area contributed by atoms with Gasteiger partial charge < -0.3 is 25.7 Å². The molecule has 4 N–H and O–H groups in total. The van der Waals surface area contributed by atoms with E-state index in [-0.39, 0.29) is 7.43 Å². The second kappa shape index (κ2) is 15.1. The first kappa shape index (κ1) is 29.1. The highest BCUT2D eigenvalue weighted by Gasteiger charge is 2.21. The van der Waals surface area contributed by atoms with E-state index >= 15 is 0 Å². The molecular formula is C29H48N4O2. The lowest BCUT2D eigenvalue weighted by molar-refractivity contribution is 0.211. The Hall–Kier alpha value is -2.12. The summed E-state index contributed by atoms with van der Waals surface area (Å²) < 4.78 is 0. The van der Waals surface area contributed by atoms with Gasteiger partial charge in [0.15, 0.2) is 0 Å². The SMILES string of the molecule is C.CN1CCC[C@H]1CCN.CN1CCC[C@H]1CCN(Cc1cccc(O)c1)Cc1cccc(O)c1. The van der Waals surface area contributed by atoms with Crippen LogP contribution in [0, 0.1) is 0 Å². The zero-order valence-corrected chi connectivity index (χ0v) is 21.1. The molecule has 0 aliphatic carbocycles. The van der Waals surface area contributed by atoms with Crippen LogP contribution in [0.5, 0.6) is 11.5 Å². The van der Waals surface area contributed by atoms with E-state index in [2.05, 4.69) is 40.9 Å². The van der Waals surface area contributed by atoms with E-state index in [0.717, 1.165) is 49.8 Å². The lowest BCUT2D eigenvalue weighted by atomic mass is 10.1. The Bertz CT molecular complexity index is 815. The number of phenols is 2. The van der Waals surface area contributed by atoms with Crippen LogP contribution in [0.25, 0.3) is 0 Å². The van der Waals surface area contributed by atoms with Gasteiger partial charge in [-0.2, -0.15) is 0 Å². The summed E-state index contributed by atoms with van der Waals surface area (Å²) in [6.07, 6.45) is 7.61. The van der Waals surface area contributed by atoms with Crippen molar-refractivity contribution in [3.63, 3.8) is 0 Å². The number of hydrogen-bond acceptors (Lipinski definition) is 6. The van der Waals surface area contributed by atoms with Crippen LogP contribution in [0.3, 0.4) is 0 Å². The molecule has 2 aromatic rings. The molecule has 4 rings (SSSR count). The lowest BCUT2D eigenvalue weighted by Crippen LogP contribution is -2.31. The molecule has 0 saturated carbocycles. The Labute approximate surface area is 213 Å². The number of likely N-dealkylation sites (tertiary alicyclic amines) is 2. The van der Waals surface area contributed by atoms with Crippen LogP contribution < -0.4 is 5.73 Å². The highest BCUT2D eigenvalue weighted by molar-refractivity contribution is 5.28. The first-order chi connectivity index (χ1) is 16.4. The molecule has 0 aromatic heterocycles. The molecule has 2 saturated heterocycles. The molecule has 2 atom stereocenters. The van der Waals surface area contributed by atoms with Crippen LogP contribution in [0.4, 0.5) is 0 Å². The largest absolute Gasteiger partial charge is 0.508 e. The summed E-state index contributed by atoms with van der Waals surface area (Å²) in [6.45, 7) is 5.89. The minimum absolute atomic E-state index is 0. The van der Waals surface area contributed by atoms with Gasteiger partial charge in [0.1, 0.15) is 11.5 Å². The molecule has 0 bridgehead atoms. The van der Waals surface area contributed by atoms with Crippen molar-refractivity contribution in [2.24, 2.45) is 5.73 Å². The van der Waals surface area contributed by atoms with Crippen LogP contribution in [0.2, 0.25) is 0 Å². The van der Waals surface area contributed by atoms with Gasteiger partial charge in [-0.25, -0.2) is 0 Å². The van der Waals surface area contributed by atoms with Gasteiger partial charge in [0.05, 0.1) is 0 Å². The number of nitrogens with two attached hydrogens (primary N) is 1. The summed E-state index contributed by atoms with van der Waals surface area (Å²) in [6, 6.07) is 16.4. The summed E-state index contributed by atoms with van der Waals surface area (Å²) in [4.78, 5) is 7.27. The Morgan fingerprint density at radius 1 is 0.829 bits per heavy atom. The molecule has 0 amide bonds. The molecule has 6 heteroatoms. The van der Waals surface area contributed by atoms with Crippen molar-refractivity contribution >= 4 is 0 Å². The van der Waals surface area contributed by atoms with Gasteiger partial charge in [-0.05, 0) is 108 Å². The maximum Gasteiger partial charge on any atom is 0.115 e. The minimum Gasteiger partial charge on any atom is -0.508 e. The average molecular weight is 485 g/mol. The van der Waals surface area contributed by atoms with Gasteiger partial charge in [0.25, 0.3) is 0 Å². The summed E-state index contributed by atoms with van der Waals surface area (Å²) in [5, 5.41) is 19.5. The van der Waals surface area contributed by atoms with Gasteiger partial charge in [-0.3, -0.25) is 4.90 Å². The predicted octanol–water partition coefficient (Wildman–Crippen LogP) is 4.65. The molecule has 35 heavy (non-hydrogen) atoms. The Morgan fingerprint density at radius 3 is 1.71 bits per heavy atom.